The van der Waals surface area contributed by atoms with Crippen molar-refractivity contribution in [2.75, 3.05) is 13.2 Å². The van der Waals surface area contributed by atoms with Crippen LogP contribution in [0.15, 0.2) is 65.3 Å². The molecule has 3 heterocycles. The molecule has 1 N–H and O–H groups in total. The molecule has 0 unspecified atom stereocenters. The molecular formula is C32H32N4O4. The SMILES string of the molecule is O=C(NCc1cn(-c2ccccc2)nc1C12CC3CC(CC(C3)C1)C2)c1cc(-c2ccc3c(c2)OCCO3)on1. The minimum absolute atomic E-state index is 0.119. The van der Waals surface area contributed by atoms with Gasteiger partial charge < -0.3 is 19.3 Å². The van der Waals surface area contributed by atoms with E-state index in [0.717, 1.165) is 34.6 Å². The second kappa shape index (κ2) is 9.25. The van der Waals surface area contributed by atoms with Gasteiger partial charge in [0.15, 0.2) is 23.0 Å². The Morgan fingerprint density at radius 1 is 0.925 bits per heavy atom. The zero-order valence-corrected chi connectivity index (χ0v) is 22.3. The summed E-state index contributed by atoms with van der Waals surface area (Å²) < 4.78 is 18.8. The number of carbonyl (C=O) groups is 1. The molecule has 0 radical (unpaired) electrons. The number of hydrogen-bond donors (Lipinski definition) is 1. The lowest BCUT2D eigenvalue weighted by Gasteiger charge is -2.56. The van der Waals surface area contributed by atoms with Crippen LogP contribution in [0.3, 0.4) is 0 Å². The Labute approximate surface area is 232 Å². The Morgan fingerprint density at radius 2 is 1.65 bits per heavy atom. The molecule has 8 heteroatoms. The van der Waals surface area contributed by atoms with Crippen LogP contribution in [0.2, 0.25) is 0 Å². The van der Waals surface area contributed by atoms with Gasteiger partial charge in [0.1, 0.15) is 13.2 Å². The van der Waals surface area contributed by atoms with Gasteiger partial charge in [-0.3, -0.25) is 4.79 Å². The number of ether oxygens (including phenoxy) is 2. The normalized spacial score (nSPS) is 26.1. The molecule has 1 aliphatic heterocycles. The molecule has 4 fully saturated rings. The Kier molecular flexibility index (Phi) is 5.50. The second-order valence-corrected chi connectivity index (χ2v) is 12.1. The van der Waals surface area contributed by atoms with E-state index in [1.165, 1.54) is 44.2 Å². The van der Waals surface area contributed by atoms with Crippen LogP contribution in [0, 0.1) is 17.8 Å². The van der Waals surface area contributed by atoms with Crippen molar-refractivity contribution in [2.45, 2.75) is 50.5 Å². The van der Waals surface area contributed by atoms with Crippen molar-refractivity contribution in [2.24, 2.45) is 17.8 Å². The number of amides is 1. The number of fused-ring (bicyclic) bond motifs is 1. The van der Waals surface area contributed by atoms with E-state index in [0.29, 0.717) is 37.0 Å². The maximum atomic E-state index is 13.2. The van der Waals surface area contributed by atoms with Crippen molar-refractivity contribution in [3.05, 3.63) is 77.7 Å². The second-order valence-electron chi connectivity index (χ2n) is 12.1. The first-order valence-electron chi connectivity index (χ1n) is 14.4. The minimum atomic E-state index is -0.267. The molecule has 2 aromatic carbocycles. The van der Waals surface area contributed by atoms with E-state index >= 15 is 0 Å². The average Bonchev–Trinajstić information content (AvgIpc) is 3.64. The molecule has 9 rings (SSSR count). The molecule has 4 bridgehead atoms. The Morgan fingerprint density at radius 3 is 2.40 bits per heavy atom. The van der Waals surface area contributed by atoms with Crippen LogP contribution in [-0.4, -0.2) is 34.1 Å². The quantitative estimate of drug-likeness (QED) is 0.340. The molecule has 8 nitrogen and oxygen atoms in total. The number of nitrogens with one attached hydrogen (secondary N) is 1. The van der Waals surface area contributed by atoms with Gasteiger partial charge in [-0.15, -0.1) is 0 Å². The summed E-state index contributed by atoms with van der Waals surface area (Å²) in [5.41, 5.74) is 4.45. The molecule has 0 spiro atoms. The summed E-state index contributed by atoms with van der Waals surface area (Å²) in [6.45, 7) is 1.44. The third-order valence-electron chi connectivity index (χ3n) is 9.36. The van der Waals surface area contributed by atoms with Crippen LogP contribution in [0.1, 0.15) is 60.3 Å². The highest BCUT2D eigenvalue weighted by Crippen LogP contribution is 2.60. The van der Waals surface area contributed by atoms with Gasteiger partial charge in [-0.05, 0) is 86.6 Å². The predicted octanol–water partition coefficient (Wildman–Crippen LogP) is 5.70. The molecule has 40 heavy (non-hydrogen) atoms. The number of rotatable bonds is 6. The van der Waals surface area contributed by atoms with Crippen molar-refractivity contribution in [3.8, 4) is 28.5 Å². The van der Waals surface area contributed by atoms with Gasteiger partial charge in [0.25, 0.3) is 5.91 Å². The summed E-state index contributed by atoms with van der Waals surface area (Å²) in [5, 5.41) is 12.4. The lowest BCUT2D eigenvalue weighted by molar-refractivity contribution is -0.00777. The zero-order valence-electron chi connectivity index (χ0n) is 22.3. The van der Waals surface area contributed by atoms with E-state index < -0.39 is 0 Å². The number of hydrogen-bond acceptors (Lipinski definition) is 6. The van der Waals surface area contributed by atoms with Crippen molar-refractivity contribution >= 4 is 5.91 Å². The van der Waals surface area contributed by atoms with Crippen LogP contribution in [0.5, 0.6) is 11.5 Å². The number of benzene rings is 2. The van der Waals surface area contributed by atoms with E-state index in [-0.39, 0.29) is 17.0 Å². The van der Waals surface area contributed by atoms with E-state index in [9.17, 15) is 4.79 Å². The first-order chi connectivity index (χ1) is 19.6. The van der Waals surface area contributed by atoms with Crippen LogP contribution in [0.25, 0.3) is 17.0 Å². The minimum Gasteiger partial charge on any atom is -0.486 e. The van der Waals surface area contributed by atoms with Gasteiger partial charge in [0.2, 0.25) is 0 Å². The highest BCUT2D eigenvalue weighted by molar-refractivity contribution is 5.93. The highest BCUT2D eigenvalue weighted by atomic mass is 16.6. The van der Waals surface area contributed by atoms with Gasteiger partial charge >= 0.3 is 0 Å². The number of carbonyl (C=O) groups excluding carboxylic acids is 1. The molecular weight excluding hydrogens is 504 g/mol. The first-order valence-corrected chi connectivity index (χ1v) is 14.4. The van der Waals surface area contributed by atoms with Gasteiger partial charge in [-0.1, -0.05) is 23.4 Å². The summed E-state index contributed by atoms with van der Waals surface area (Å²) in [5.74, 6) is 4.04. The smallest absolute Gasteiger partial charge is 0.273 e. The third-order valence-corrected chi connectivity index (χ3v) is 9.36. The van der Waals surface area contributed by atoms with Gasteiger partial charge in [-0.25, -0.2) is 4.68 Å². The Bertz CT molecular complexity index is 1540. The summed E-state index contributed by atoms with van der Waals surface area (Å²) >= 11 is 0. The molecule has 1 amide bonds. The maximum absolute atomic E-state index is 13.2. The summed E-state index contributed by atoms with van der Waals surface area (Å²) in [6, 6.07) is 17.5. The summed E-state index contributed by atoms with van der Waals surface area (Å²) in [4.78, 5) is 13.2. The van der Waals surface area contributed by atoms with Crippen LogP contribution >= 0.6 is 0 Å². The molecule has 5 aliphatic rings. The van der Waals surface area contributed by atoms with Crippen molar-refractivity contribution < 1.29 is 18.8 Å². The van der Waals surface area contributed by atoms with Crippen LogP contribution in [0.4, 0.5) is 0 Å². The van der Waals surface area contributed by atoms with E-state index in [2.05, 4.69) is 28.8 Å². The molecule has 4 aromatic rings. The number of nitrogens with zero attached hydrogens (tertiary/aromatic N) is 3. The third kappa shape index (κ3) is 4.08. The highest BCUT2D eigenvalue weighted by Gasteiger charge is 2.53. The fourth-order valence-corrected chi connectivity index (χ4v) is 8.08. The van der Waals surface area contributed by atoms with Gasteiger partial charge in [-0.2, -0.15) is 5.10 Å². The van der Waals surface area contributed by atoms with Crippen molar-refractivity contribution in [1.82, 2.24) is 20.3 Å². The lowest BCUT2D eigenvalue weighted by atomic mass is 9.48. The molecule has 4 saturated carbocycles. The van der Waals surface area contributed by atoms with E-state index in [4.69, 9.17) is 19.1 Å². The summed E-state index contributed by atoms with van der Waals surface area (Å²) in [7, 11) is 0. The fraction of sp³-hybridized carbons (Fsp3) is 0.406. The standard InChI is InChI=1S/C32H32N4O4/c37-31(26-14-28(40-35-26)23-6-7-27-29(13-23)39-9-8-38-27)33-18-24-19-36(25-4-2-1-3-5-25)34-30(24)32-15-20-10-21(16-32)12-22(11-20)17-32/h1-7,13-14,19-22H,8-12,15-18H2,(H,33,37). The largest absolute Gasteiger partial charge is 0.486 e. The first kappa shape index (κ1) is 23.8. The van der Waals surface area contributed by atoms with Gasteiger partial charge in [0, 0.05) is 35.3 Å². The van der Waals surface area contributed by atoms with E-state index in [1.807, 2.05) is 41.1 Å². The topological polar surface area (TPSA) is 91.4 Å². The fourth-order valence-electron chi connectivity index (χ4n) is 8.08. The Balaban J connectivity index is 1.05. The monoisotopic (exact) mass is 536 g/mol. The lowest BCUT2D eigenvalue weighted by Crippen LogP contribution is -2.49. The predicted molar refractivity (Wildman–Crippen MR) is 148 cm³/mol. The van der Waals surface area contributed by atoms with Gasteiger partial charge in [0.05, 0.1) is 11.4 Å². The van der Waals surface area contributed by atoms with E-state index in [1.54, 1.807) is 6.07 Å². The van der Waals surface area contributed by atoms with Crippen LogP contribution in [-0.2, 0) is 12.0 Å². The number of para-hydroxylation sites is 1. The number of aromatic nitrogens is 3. The molecule has 204 valence electrons. The Hall–Kier alpha value is -4.07. The molecule has 2 aromatic heterocycles. The van der Waals surface area contributed by atoms with Crippen molar-refractivity contribution in [1.29, 1.82) is 0 Å². The molecule has 4 aliphatic carbocycles. The van der Waals surface area contributed by atoms with Crippen LogP contribution < -0.4 is 14.8 Å². The maximum Gasteiger partial charge on any atom is 0.273 e. The summed E-state index contributed by atoms with van der Waals surface area (Å²) in [6.07, 6.45) is 9.89. The molecule has 0 saturated heterocycles. The van der Waals surface area contributed by atoms with Crippen molar-refractivity contribution in [3.63, 3.8) is 0 Å². The zero-order chi connectivity index (χ0) is 26.7. The average molecular weight is 537 g/mol. The molecule has 0 atom stereocenters.